The Morgan fingerprint density at radius 1 is 0.554 bits per heavy atom. The van der Waals surface area contributed by atoms with E-state index in [9.17, 15) is 5.11 Å². The molecule has 0 unspecified atom stereocenters. The number of imidazole rings is 1. The second-order valence-electron chi connectivity index (χ2n) is 21.0. The molecule has 12 aromatic rings. The van der Waals surface area contributed by atoms with Gasteiger partial charge in [0.25, 0.3) is 0 Å². The number of hydrogen-bond acceptors (Lipinski definition) is 4. The van der Waals surface area contributed by atoms with Crippen molar-refractivity contribution < 1.29 is 30.6 Å². The Morgan fingerprint density at radius 3 is 1.95 bits per heavy atom. The summed E-state index contributed by atoms with van der Waals surface area (Å²) < 4.78 is 8.65. The summed E-state index contributed by atoms with van der Waals surface area (Å²) in [7, 11) is 0. The average molecular weight is 1140 g/mol. The summed E-state index contributed by atoms with van der Waals surface area (Å²) in [4.78, 5) is 10.7. The molecule has 0 bridgehead atoms. The molecule has 74 heavy (non-hydrogen) atoms. The summed E-state index contributed by atoms with van der Waals surface area (Å²) >= 11 is 0. The van der Waals surface area contributed by atoms with Gasteiger partial charge >= 0.3 is 0 Å². The van der Waals surface area contributed by atoms with E-state index in [0.717, 1.165) is 88.5 Å². The van der Waals surface area contributed by atoms with Crippen LogP contribution >= 0.6 is 0 Å². The molecule has 366 valence electrons. The molecular formula is C68H56N3O2Pt-. The van der Waals surface area contributed by atoms with Crippen molar-refractivity contribution in [3.8, 4) is 78.6 Å². The number of hydrogen-bond donors (Lipinski definition) is 1. The Balaban J connectivity index is 0.00000588. The van der Waals surface area contributed by atoms with Gasteiger partial charge in [-0.1, -0.05) is 199 Å². The minimum Gasteiger partial charge on any atom is -0.507 e. The van der Waals surface area contributed by atoms with Gasteiger partial charge in [0.1, 0.15) is 22.7 Å². The number of aromatic nitrogens is 3. The van der Waals surface area contributed by atoms with Crippen LogP contribution in [0, 0.1) is 6.07 Å². The van der Waals surface area contributed by atoms with Crippen LogP contribution in [0.25, 0.3) is 117 Å². The van der Waals surface area contributed by atoms with Crippen LogP contribution in [-0.2, 0) is 26.5 Å². The Labute approximate surface area is 447 Å². The number of phenols is 1. The third kappa shape index (κ3) is 8.53. The second-order valence-corrected chi connectivity index (χ2v) is 21.0. The summed E-state index contributed by atoms with van der Waals surface area (Å²) in [5.41, 5.74) is 18.8. The van der Waals surface area contributed by atoms with Gasteiger partial charge in [-0.25, -0.2) is 4.98 Å². The predicted octanol–water partition coefficient (Wildman–Crippen LogP) is 18.5. The van der Waals surface area contributed by atoms with E-state index in [1.807, 2.05) is 18.3 Å². The normalized spacial score (nSPS) is 11.9. The van der Waals surface area contributed by atoms with Crippen LogP contribution in [-0.4, -0.2) is 19.6 Å². The van der Waals surface area contributed by atoms with Gasteiger partial charge in [0.15, 0.2) is 0 Å². The largest absolute Gasteiger partial charge is 0.507 e. The van der Waals surface area contributed by atoms with Crippen molar-refractivity contribution in [2.75, 3.05) is 0 Å². The zero-order chi connectivity index (χ0) is 50.1. The van der Waals surface area contributed by atoms with Crippen LogP contribution in [0.3, 0.4) is 0 Å². The molecule has 3 aromatic heterocycles. The van der Waals surface area contributed by atoms with Crippen molar-refractivity contribution in [2.45, 2.75) is 65.7 Å². The first-order valence-electron chi connectivity index (χ1n) is 25.4. The van der Waals surface area contributed by atoms with E-state index in [2.05, 4.69) is 229 Å². The summed E-state index contributed by atoms with van der Waals surface area (Å²) in [6, 6.07) is 69.9. The van der Waals surface area contributed by atoms with E-state index in [1.54, 1.807) is 6.07 Å². The van der Waals surface area contributed by atoms with Gasteiger partial charge in [0.05, 0.1) is 22.3 Å². The zero-order valence-corrected chi connectivity index (χ0v) is 44.9. The van der Waals surface area contributed by atoms with Crippen LogP contribution in [0.15, 0.2) is 199 Å². The standard InChI is InChI=1S/C68H56N3O2.Pt/c1-41(2)54-36-47(43-19-10-8-11-20-43)37-55(42(3)4)64(54)46-31-32-69-58(38-46)49-33-48(34-50(35-49)68(5,6)7)53-26-18-28-60-66(53)70-67(71(60)59-27-17-16-24-51(59)44-21-12-9-13-22-44)56-39-57-63(40-61(56)72)73-62-30-29-45-23-14-15-25-52(45)65(57)62;/h8-32,34-42,72H,1-7H3;/q-1;. The van der Waals surface area contributed by atoms with Crippen molar-refractivity contribution in [1.29, 1.82) is 0 Å². The average Bonchev–Trinajstić information content (AvgIpc) is 3.98. The zero-order valence-electron chi connectivity index (χ0n) is 42.6. The third-order valence-corrected chi connectivity index (χ3v) is 14.5. The van der Waals surface area contributed by atoms with Gasteiger partial charge in [-0.15, -0.1) is 29.3 Å². The molecule has 0 saturated carbocycles. The molecule has 0 amide bonds. The van der Waals surface area contributed by atoms with Gasteiger partial charge in [-0.3, -0.25) is 9.55 Å². The van der Waals surface area contributed by atoms with Crippen LogP contribution in [0.4, 0.5) is 0 Å². The SMILES string of the molecule is CC(C)c1cc(-c2ccccc2)cc(C(C)C)c1-c1ccnc(-c2[c-]c(-c3cccc4c3nc(-c3cc5c(cc3O)oc3ccc6ccccc6c35)n4-c3ccccc3-c3ccccc3)cc(C(C)(C)C)c2)c1.[Pt]. The van der Waals surface area contributed by atoms with Crippen molar-refractivity contribution in [1.82, 2.24) is 14.5 Å². The Bertz CT molecular complexity index is 4060. The fraction of sp³-hybridized carbons (Fsp3) is 0.147. The molecule has 0 fully saturated rings. The van der Waals surface area contributed by atoms with Crippen LogP contribution in [0.1, 0.15) is 77.0 Å². The van der Waals surface area contributed by atoms with Crippen LogP contribution in [0.5, 0.6) is 5.75 Å². The summed E-state index contributed by atoms with van der Waals surface area (Å²) in [6.45, 7) is 15.9. The first-order chi connectivity index (χ1) is 35.4. The van der Waals surface area contributed by atoms with Gasteiger partial charge < -0.3 is 9.52 Å². The number of aromatic hydroxyl groups is 1. The van der Waals surface area contributed by atoms with Crippen molar-refractivity contribution in [3.63, 3.8) is 0 Å². The first kappa shape index (κ1) is 48.4. The van der Waals surface area contributed by atoms with Crippen molar-refractivity contribution in [2.24, 2.45) is 0 Å². The molecule has 0 aliphatic heterocycles. The molecule has 12 rings (SSSR count). The number of para-hydroxylation sites is 2. The monoisotopic (exact) mass is 1140 g/mol. The molecule has 1 N–H and O–H groups in total. The van der Waals surface area contributed by atoms with Gasteiger partial charge in [0, 0.05) is 55.4 Å². The molecular weight excluding hydrogens is 1090 g/mol. The van der Waals surface area contributed by atoms with Crippen LogP contribution in [0.2, 0.25) is 0 Å². The molecule has 9 aromatic carbocycles. The number of benzene rings is 9. The topological polar surface area (TPSA) is 64.1 Å². The van der Waals surface area contributed by atoms with E-state index in [0.29, 0.717) is 28.8 Å². The predicted molar refractivity (Wildman–Crippen MR) is 304 cm³/mol. The molecule has 0 atom stereocenters. The molecule has 0 spiro atoms. The Morgan fingerprint density at radius 2 is 1.22 bits per heavy atom. The molecule has 3 heterocycles. The second kappa shape index (κ2) is 19.2. The maximum Gasteiger partial charge on any atom is 0.148 e. The number of phenolic OH excluding ortho intramolecular Hbond substituents is 1. The van der Waals surface area contributed by atoms with Gasteiger partial charge in [0.2, 0.25) is 0 Å². The fourth-order valence-electron chi connectivity index (χ4n) is 10.8. The number of pyridine rings is 1. The van der Waals surface area contributed by atoms with Crippen molar-refractivity contribution >= 4 is 43.7 Å². The summed E-state index contributed by atoms with van der Waals surface area (Å²) in [6.07, 6.45) is 1.95. The number of fused-ring (bicyclic) bond motifs is 6. The molecule has 0 saturated heterocycles. The molecule has 0 radical (unpaired) electrons. The first-order valence-corrected chi connectivity index (χ1v) is 25.4. The molecule has 6 heteroatoms. The van der Waals surface area contributed by atoms with Gasteiger partial charge in [-0.2, -0.15) is 0 Å². The summed E-state index contributed by atoms with van der Waals surface area (Å²) in [5, 5.41) is 16.3. The minimum atomic E-state index is -0.203. The Hall–Kier alpha value is -7.85. The van der Waals surface area contributed by atoms with E-state index in [4.69, 9.17) is 14.4 Å². The van der Waals surface area contributed by atoms with Gasteiger partial charge in [-0.05, 0) is 97.3 Å². The number of rotatable bonds is 9. The maximum atomic E-state index is 12.2. The summed E-state index contributed by atoms with van der Waals surface area (Å²) in [5.74, 6) is 1.28. The van der Waals surface area contributed by atoms with E-state index in [-0.39, 0.29) is 32.2 Å². The number of furan rings is 1. The molecule has 0 aliphatic rings. The number of nitrogens with zero attached hydrogens (tertiary/aromatic N) is 3. The third-order valence-electron chi connectivity index (χ3n) is 14.5. The maximum absolute atomic E-state index is 12.2. The smallest absolute Gasteiger partial charge is 0.148 e. The quantitative estimate of drug-likeness (QED) is 0.146. The molecule has 0 aliphatic carbocycles. The van der Waals surface area contributed by atoms with E-state index >= 15 is 0 Å². The molecule has 5 nitrogen and oxygen atoms in total. The fourth-order valence-corrected chi connectivity index (χ4v) is 10.8. The van der Waals surface area contributed by atoms with Crippen LogP contribution < -0.4 is 0 Å². The Kier molecular flexibility index (Phi) is 12.6. The van der Waals surface area contributed by atoms with Crippen molar-refractivity contribution in [3.05, 3.63) is 217 Å². The van der Waals surface area contributed by atoms with E-state index in [1.165, 1.54) is 27.8 Å². The van der Waals surface area contributed by atoms with E-state index < -0.39 is 0 Å². The minimum absolute atomic E-state index is 0.